The van der Waals surface area contributed by atoms with Gasteiger partial charge in [0.05, 0.1) is 11.1 Å². The van der Waals surface area contributed by atoms with Gasteiger partial charge in [0.15, 0.2) is 6.10 Å². The van der Waals surface area contributed by atoms with Gasteiger partial charge in [0.25, 0.3) is 5.91 Å². The van der Waals surface area contributed by atoms with Crippen LogP contribution in [0.3, 0.4) is 0 Å². The van der Waals surface area contributed by atoms with E-state index in [0.717, 1.165) is 5.56 Å². The fourth-order valence-electron chi connectivity index (χ4n) is 1.52. The number of carbonyl (C=O) groups excluding carboxylic acids is 1. The molecule has 0 aliphatic heterocycles. The fourth-order valence-corrected chi connectivity index (χ4v) is 2.13. The van der Waals surface area contributed by atoms with Gasteiger partial charge in [0, 0.05) is 0 Å². The first-order valence-electron chi connectivity index (χ1n) is 6.42. The Bertz CT molecular complexity index is 665. The molecule has 0 aliphatic rings. The van der Waals surface area contributed by atoms with E-state index in [9.17, 15) is 9.59 Å². The minimum Gasteiger partial charge on any atom is -0.479 e. The van der Waals surface area contributed by atoms with Gasteiger partial charge < -0.3 is 9.84 Å². The summed E-state index contributed by atoms with van der Waals surface area (Å²) in [5.41, 5.74) is 3.18. The summed E-state index contributed by atoms with van der Waals surface area (Å²) in [6, 6.07) is 10.2. The third-order valence-corrected chi connectivity index (χ3v) is 3.53. The molecule has 7 heteroatoms. The summed E-state index contributed by atoms with van der Waals surface area (Å²) in [5, 5.41) is 14.4. The predicted octanol–water partition coefficient (Wildman–Crippen LogP) is 2.36. The molecule has 0 radical (unpaired) electrons. The number of thiophene rings is 1. The Morgan fingerprint density at radius 1 is 1.32 bits per heavy atom. The monoisotopic (exact) mass is 318 g/mol. The van der Waals surface area contributed by atoms with Gasteiger partial charge in [-0.25, -0.2) is 10.2 Å². The number of rotatable bonds is 6. The first-order valence-corrected chi connectivity index (χ1v) is 7.30. The summed E-state index contributed by atoms with van der Waals surface area (Å²) in [6.45, 7) is 1.46. The first-order chi connectivity index (χ1) is 10.6. The van der Waals surface area contributed by atoms with E-state index in [4.69, 9.17) is 9.84 Å². The zero-order chi connectivity index (χ0) is 15.9. The van der Waals surface area contributed by atoms with Crippen LogP contribution in [0.25, 0.3) is 0 Å². The van der Waals surface area contributed by atoms with Crippen LogP contribution in [0.5, 0.6) is 5.75 Å². The van der Waals surface area contributed by atoms with Crippen molar-refractivity contribution in [2.75, 3.05) is 0 Å². The average Bonchev–Trinajstić information content (AvgIpc) is 3.03. The van der Waals surface area contributed by atoms with Gasteiger partial charge in [0.2, 0.25) is 0 Å². The molecule has 1 heterocycles. The van der Waals surface area contributed by atoms with Crippen molar-refractivity contribution < 1.29 is 19.4 Å². The highest BCUT2D eigenvalue weighted by molar-refractivity contribution is 7.12. The second-order valence-corrected chi connectivity index (χ2v) is 5.29. The molecule has 0 unspecified atom stereocenters. The van der Waals surface area contributed by atoms with Crippen molar-refractivity contribution in [2.45, 2.75) is 13.0 Å². The molecule has 22 heavy (non-hydrogen) atoms. The summed E-state index contributed by atoms with van der Waals surface area (Å²) in [6.07, 6.45) is 0.584. The number of carboxylic acid groups (broad SMARTS) is 1. The Kier molecular flexibility index (Phi) is 5.26. The molecular formula is C15H14N2O4S. The molecule has 0 saturated heterocycles. The summed E-state index contributed by atoms with van der Waals surface area (Å²) in [5.74, 6) is -0.835. The predicted molar refractivity (Wildman–Crippen MR) is 83.5 cm³/mol. The van der Waals surface area contributed by atoms with Gasteiger partial charge in [-0.05, 0) is 48.2 Å². The van der Waals surface area contributed by atoms with E-state index in [0.29, 0.717) is 10.6 Å². The highest BCUT2D eigenvalue weighted by atomic mass is 32.1. The van der Waals surface area contributed by atoms with Crippen molar-refractivity contribution in [3.05, 3.63) is 52.2 Å². The Morgan fingerprint density at radius 3 is 2.64 bits per heavy atom. The number of benzene rings is 1. The van der Waals surface area contributed by atoms with Crippen molar-refractivity contribution in [1.82, 2.24) is 5.43 Å². The smallest absolute Gasteiger partial charge is 0.344 e. The van der Waals surface area contributed by atoms with E-state index >= 15 is 0 Å². The van der Waals surface area contributed by atoms with E-state index in [1.54, 1.807) is 36.4 Å². The molecule has 114 valence electrons. The number of nitrogens with one attached hydrogen (secondary N) is 1. The number of hydrazone groups is 1. The molecule has 2 aromatic rings. The molecule has 6 nitrogen and oxygen atoms in total. The van der Waals surface area contributed by atoms with Crippen LogP contribution in [0, 0.1) is 0 Å². The standard InChI is InChI=1S/C15H14N2O4S/c1-10(15(19)20)21-12-6-4-11(5-7-12)9-16-17-14(18)13-3-2-8-22-13/h2-10H,1H3,(H,17,18)(H,19,20)/b16-9-/t10-/m0/s1. The van der Waals surface area contributed by atoms with E-state index in [1.165, 1.54) is 24.5 Å². The van der Waals surface area contributed by atoms with Crippen LogP contribution in [-0.4, -0.2) is 29.3 Å². The number of hydrogen-bond acceptors (Lipinski definition) is 5. The Morgan fingerprint density at radius 2 is 2.05 bits per heavy atom. The maximum absolute atomic E-state index is 11.6. The lowest BCUT2D eigenvalue weighted by Gasteiger charge is -2.09. The average molecular weight is 318 g/mol. The maximum Gasteiger partial charge on any atom is 0.344 e. The second-order valence-electron chi connectivity index (χ2n) is 4.34. The van der Waals surface area contributed by atoms with Gasteiger partial charge in [-0.3, -0.25) is 4.79 Å². The van der Waals surface area contributed by atoms with Gasteiger partial charge >= 0.3 is 5.97 Å². The van der Waals surface area contributed by atoms with Crippen LogP contribution in [0.2, 0.25) is 0 Å². The summed E-state index contributed by atoms with van der Waals surface area (Å²) < 4.78 is 5.21. The van der Waals surface area contributed by atoms with Crippen molar-refractivity contribution in [1.29, 1.82) is 0 Å². The van der Waals surface area contributed by atoms with Gasteiger partial charge in [-0.2, -0.15) is 5.10 Å². The largest absolute Gasteiger partial charge is 0.479 e. The number of amides is 1. The minimum atomic E-state index is -1.03. The molecular weight excluding hydrogens is 304 g/mol. The van der Waals surface area contributed by atoms with E-state index in [2.05, 4.69) is 10.5 Å². The summed E-state index contributed by atoms with van der Waals surface area (Å²) >= 11 is 1.34. The lowest BCUT2D eigenvalue weighted by Crippen LogP contribution is -2.22. The lowest BCUT2D eigenvalue weighted by atomic mass is 10.2. The summed E-state index contributed by atoms with van der Waals surface area (Å²) in [7, 11) is 0. The van der Waals surface area contributed by atoms with Crippen molar-refractivity contribution >= 4 is 29.4 Å². The minimum absolute atomic E-state index is 0.263. The number of hydrogen-bond donors (Lipinski definition) is 2. The number of carboxylic acids is 1. The fraction of sp³-hybridized carbons (Fsp3) is 0.133. The van der Waals surface area contributed by atoms with E-state index in [-0.39, 0.29) is 5.91 Å². The van der Waals surface area contributed by atoms with Crippen molar-refractivity contribution in [3.8, 4) is 5.75 Å². The van der Waals surface area contributed by atoms with Crippen LogP contribution >= 0.6 is 11.3 Å². The third kappa shape index (κ3) is 4.42. The van der Waals surface area contributed by atoms with Gasteiger partial charge in [-0.1, -0.05) is 6.07 Å². The van der Waals surface area contributed by atoms with Crippen LogP contribution in [0.15, 0.2) is 46.9 Å². The molecule has 0 fully saturated rings. The van der Waals surface area contributed by atoms with Crippen LogP contribution < -0.4 is 10.2 Å². The summed E-state index contributed by atoms with van der Waals surface area (Å²) in [4.78, 5) is 22.9. The molecule has 2 rings (SSSR count). The highest BCUT2D eigenvalue weighted by Gasteiger charge is 2.11. The quantitative estimate of drug-likeness (QED) is 0.632. The number of ether oxygens (including phenoxy) is 1. The van der Waals surface area contributed by atoms with Crippen molar-refractivity contribution in [2.24, 2.45) is 5.10 Å². The normalized spacial score (nSPS) is 12.0. The zero-order valence-electron chi connectivity index (χ0n) is 11.7. The Balaban J connectivity index is 1.89. The van der Waals surface area contributed by atoms with Crippen molar-refractivity contribution in [3.63, 3.8) is 0 Å². The Hall–Kier alpha value is -2.67. The molecule has 1 atom stereocenters. The number of nitrogens with zero attached hydrogens (tertiary/aromatic N) is 1. The molecule has 1 aromatic heterocycles. The SMILES string of the molecule is C[C@H](Oc1ccc(/C=N\NC(=O)c2cccs2)cc1)C(=O)O. The van der Waals surface area contributed by atoms with Crippen LogP contribution in [-0.2, 0) is 4.79 Å². The Labute approximate surface area is 131 Å². The van der Waals surface area contributed by atoms with Gasteiger partial charge in [-0.15, -0.1) is 11.3 Å². The third-order valence-electron chi connectivity index (χ3n) is 2.67. The first kappa shape index (κ1) is 15.7. The highest BCUT2D eigenvalue weighted by Crippen LogP contribution is 2.13. The van der Waals surface area contributed by atoms with Crippen LogP contribution in [0.1, 0.15) is 22.2 Å². The lowest BCUT2D eigenvalue weighted by molar-refractivity contribution is -0.144. The van der Waals surface area contributed by atoms with E-state index in [1.807, 2.05) is 5.38 Å². The topological polar surface area (TPSA) is 88.0 Å². The number of aliphatic carboxylic acids is 1. The molecule has 1 aromatic carbocycles. The number of carbonyl (C=O) groups is 2. The molecule has 0 bridgehead atoms. The zero-order valence-corrected chi connectivity index (χ0v) is 12.5. The molecule has 2 N–H and O–H groups in total. The molecule has 0 saturated carbocycles. The molecule has 0 aliphatic carbocycles. The maximum atomic E-state index is 11.6. The molecule has 1 amide bonds. The van der Waals surface area contributed by atoms with E-state index < -0.39 is 12.1 Å². The van der Waals surface area contributed by atoms with Gasteiger partial charge in [0.1, 0.15) is 5.75 Å². The molecule has 0 spiro atoms. The van der Waals surface area contributed by atoms with Crippen LogP contribution in [0.4, 0.5) is 0 Å². The second kappa shape index (κ2) is 7.37.